The van der Waals surface area contributed by atoms with E-state index in [1.165, 1.54) is 6.08 Å². The van der Waals surface area contributed by atoms with Gasteiger partial charge in [-0.2, -0.15) is 0 Å². The molecule has 0 spiro atoms. The highest BCUT2D eigenvalue weighted by atomic mass is 35.5. The van der Waals surface area contributed by atoms with E-state index in [1.54, 1.807) is 18.2 Å². The van der Waals surface area contributed by atoms with Crippen LogP contribution in [0.5, 0.6) is 0 Å². The number of benzene rings is 1. The number of hydrogen-bond acceptors (Lipinski definition) is 4. The molecule has 1 fully saturated rings. The molecule has 1 saturated heterocycles. The Morgan fingerprint density at radius 2 is 2.09 bits per heavy atom. The lowest BCUT2D eigenvalue weighted by atomic mass is 10.1. The molecule has 2 rings (SSSR count). The van der Waals surface area contributed by atoms with Gasteiger partial charge in [-0.15, -0.1) is 6.58 Å². The molecule has 1 aliphatic rings. The minimum absolute atomic E-state index is 0.161. The number of aliphatic hydroxyl groups excluding tert-OH is 1. The molecule has 1 N–H and O–H groups in total. The Kier molecular flexibility index (Phi) is 5.88. The summed E-state index contributed by atoms with van der Waals surface area (Å²) in [6.07, 6.45) is -0.493. The first-order chi connectivity index (χ1) is 10.3. The molecule has 0 aliphatic carbocycles. The fourth-order valence-corrected chi connectivity index (χ4v) is 2.79. The topological polar surface area (TPSA) is 47.9 Å². The van der Waals surface area contributed by atoms with E-state index in [0.29, 0.717) is 22.2 Å². The molecule has 0 aromatic heterocycles. The summed E-state index contributed by atoms with van der Waals surface area (Å²) in [5, 5.41) is 11.2. The number of halogens is 2. The van der Waals surface area contributed by atoms with E-state index in [-0.39, 0.29) is 6.61 Å². The van der Waals surface area contributed by atoms with Gasteiger partial charge >= 0.3 is 0 Å². The van der Waals surface area contributed by atoms with Crippen LogP contribution in [0.2, 0.25) is 10.0 Å². The van der Waals surface area contributed by atoms with Crippen molar-refractivity contribution in [2.75, 3.05) is 6.61 Å². The summed E-state index contributed by atoms with van der Waals surface area (Å²) in [4.78, 5) is 0. The van der Waals surface area contributed by atoms with Gasteiger partial charge in [0.05, 0.1) is 13.2 Å². The maximum Gasteiger partial charge on any atom is 0.163 e. The van der Waals surface area contributed by atoms with Crippen molar-refractivity contribution in [2.24, 2.45) is 0 Å². The predicted octanol–water partition coefficient (Wildman–Crippen LogP) is 3.58. The van der Waals surface area contributed by atoms with Crippen molar-refractivity contribution in [1.29, 1.82) is 0 Å². The standard InChI is InChI=1S/C16H20Cl2O4/c1-4-13(19)15(14-9-21-16(2,3)22-14)20-8-10-11(17)6-5-7-12(10)18/h4-7,13-15,19H,1,8-9H2,2-3H3/t13?,14-,15+/m1/s1. The van der Waals surface area contributed by atoms with Gasteiger partial charge in [0, 0.05) is 15.6 Å². The zero-order valence-electron chi connectivity index (χ0n) is 12.6. The number of hydrogen-bond donors (Lipinski definition) is 1. The second-order valence-electron chi connectivity index (χ2n) is 5.57. The van der Waals surface area contributed by atoms with Gasteiger partial charge in [-0.05, 0) is 26.0 Å². The van der Waals surface area contributed by atoms with Crippen molar-refractivity contribution < 1.29 is 19.3 Å². The van der Waals surface area contributed by atoms with Crippen molar-refractivity contribution in [2.45, 2.75) is 44.6 Å². The first kappa shape index (κ1) is 17.7. The molecule has 0 amide bonds. The first-order valence-corrected chi connectivity index (χ1v) is 7.76. The molecule has 122 valence electrons. The lowest BCUT2D eigenvalue weighted by Crippen LogP contribution is -2.41. The summed E-state index contributed by atoms with van der Waals surface area (Å²) in [6.45, 7) is 7.72. The van der Waals surface area contributed by atoms with Crippen molar-refractivity contribution >= 4 is 23.2 Å². The first-order valence-electron chi connectivity index (χ1n) is 7.01. The van der Waals surface area contributed by atoms with Gasteiger partial charge in [0.15, 0.2) is 5.79 Å². The predicted molar refractivity (Wildman–Crippen MR) is 86.1 cm³/mol. The monoisotopic (exact) mass is 346 g/mol. The van der Waals surface area contributed by atoms with E-state index in [1.807, 2.05) is 13.8 Å². The van der Waals surface area contributed by atoms with Gasteiger partial charge in [0.2, 0.25) is 0 Å². The van der Waals surface area contributed by atoms with Gasteiger partial charge in [-0.1, -0.05) is 35.3 Å². The number of rotatable bonds is 6. The molecule has 3 atom stereocenters. The largest absolute Gasteiger partial charge is 0.386 e. The van der Waals surface area contributed by atoms with Gasteiger partial charge in [-0.25, -0.2) is 0 Å². The Bertz CT molecular complexity index is 513. The van der Waals surface area contributed by atoms with Gasteiger partial charge in [0.1, 0.15) is 18.3 Å². The fraction of sp³-hybridized carbons (Fsp3) is 0.500. The van der Waals surface area contributed by atoms with Crippen LogP contribution in [0.1, 0.15) is 19.4 Å². The Labute approximate surface area is 140 Å². The molecular weight excluding hydrogens is 327 g/mol. The van der Waals surface area contributed by atoms with Crippen molar-refractivity contribution in [3.05, 3.63) is 46.5 Å². The Balaban J connectivity index is 2.09. The second kappa shape index (κ2) is 7.30. The normalized spacial score (nSPS) is 23.2. The van der Waals surface area contributed by atoms with Crippen LogP contribution in [0.3, 0.4) is 0 Å². The molecule has 22 heavy (non-hydrogen) atoms. The van der Waals surface area contributed by atoms with E-state index >= 15 is 0 Å². The molecule has 6 heteroatoms. The van der Waals surface area contributed by atoms with E-state index in [2.05, 4.69) is 6.58 Å². The Morgan fingerprint density at radius 1 is 1.45 bits per heavy atom. The molecule has 4 nitrogen and oxygen atoms in total. The summed E-state index contributed by atoms with van der Waals surface area (Å²) < 4.78 is 17.1. The summed E-state index contributed by atoms with van der Waals surface area (Å²) in [7, 11) is 0. The molecule has 1 heterocycles. The quantitative estimate of drug-likeness (QED) is 0.799. The van der Waals surface area contributed by atoms with Crippen LogP contribution in [-0.2, 0) is 20.8 Å². The molecular formula is C16H20Cl2O4. The van der Waals surface area contributed by atoms with Gasteiger partial charge < -0.3 is 19.3 Å². The maximum atomic E-state index is 10.1. The van der Waals surface area contributed by atoms with Crippen LogP contribution in [0.15, 0.2) is 30.9 Å². The van der Waals surface area contributed by atoms with Crippen molar-refractivity contribution in [3.63, 3.8) is 0 Å². The minimum Gasteiger partial charge on any atom is -0.386 e. The maximum absolute atomic E-state index is 10.1. The zero-order chi connectivity index (χ0) is 16.3. The lowest BCUT2D eigenvalue weighted by Gasteiger charge is -2.27. The summed E-state index contributed by atoms with van der Waals surface area (Å²) >= 11 is 12.3. The average Bonchev–Trinajstić information content (AvgIpc) is 2.81. The SMILES string of the molecule is C=CC(O)[C@H](OCc1c(Cl)cccc1Cl)[C@H]1COC(C)(C)O1. The van der Waals surface area contributed by atoms with E-state index in [4.69, 9.17) is 37.4 Å². The van der Waals surface area contributed by atoms with E-state index < -0.39 is 24.1 Å². The Hall–Kier alpha value is -0.620. The van der Waals surface area contributed by atoms with Crippen LogP contribution in [0.4, 0.5) is 0 Å². The third-order valence-corrected chi connectivity index (χ3v) is 4.16. The highest BCUT2D eigenvalue weighted by molar-refractivity contribution is 6.35. The van der Waals surface area contributed by atoms with Crippen LogP contribution >= 0.6 is 23.2 Å². The average molecular weight is 347 g/mol. The number of aliphatic hydroxyl groups is 1. The van der Waals surface area contributed by atoms with Crippen molar-refractivity contribution in [1.82, 2.24) is 0 Å². The fourth-order valence-electron chi connectivity index (χ4n) is 2.29. The molecule has 0 radical (unpaired) electrons. The minimum atomic E-state index is -0.885. The van der Waals surface area contributed by atoms with Gasteiger partial charge in [0.25, 0.3) is 0 Å². The molecule has 1 aliphatic heterocycles. The summed E-state index contributed by atoms with van der Waals surface area (Å²) in [5.74, 6) is -0.699. The Morgan fingerprint density at radius 3 is 2.59 bits per heavy atom. The molecule has 1 aromatic rings. The van der Waals surface area contributed by atoms with E-state index in [0.717, 1.165) is 0 Å². The van der Waals surface area contributed by atoms with Gasteiger partial charge in [-0.3, -0.25) is 0 Å². The van der Waals surface area contributed by atoms with Crippen LogP contribution in [0.25, 0.3) is 0 Å². The van der Waals surface area contributed by atoms with Crippen LogP contribution in [-0.4, -0.2) is 35.8 Å². The highest BCUT2D eigenvalue weighted by Gasteiger charge is 2.40. The van der Waals surface area contributed by atoms with Crippen molar-refractivity contribution in [3.8, 4) is 0 Å². The second-order valence-corrected chi connectivity index (χ2v) is 6.38. The smallest absolute Gasteiger partial charge is 0.163 e. The molecule has 1 unspecified atom stereocenters. The summed E-state index contributed by atoms with van der Waals surface area (Å²) in [6, 6.07) is 5.24. The van der Waals surface area contributed by atoms with E-state index in [9.17, 15) is 5.11 Å². The molecule has 0 bridgehead atoms. The summed E-state index contributed by atoms with van der Waals surface area (Å²) in [5.41, 5.74) is 0.672. The third-order valence-electron chi connectivity index (χ3n) is 3.46. The molecule has 1 aromatic carbocycles. The number of ether oxygens (including phenoxy) is 3. The van der Waals surface area contributed by atoms with Crippen LogP contribution < -0.4 is 0 Å². The lowest BCUT2D eigenvalue weighted by molar-refractivity contribution is -0.167. The van der Waals surface area contributed by atoms with Crippen LogP contribution in [0, 0.1) is 0 Å². The zero-order valence-corrected chi connectivity index (χ0v) is 14.1. The highest BCUT2D eigenvalue weighted by Crippen LogP contribution is 2.29. The third kappa shape index (κ3) is 4.22. The molecule has 0 saturated carbocycles.